The van der Waals surface area contributed by atoms with Gasteiger partial charge in [-0.05, 0) is 43.4 Å². The first kappa shape index (κ1) is 21.8. The molecule has 2 aliphatic heterocycles. The fourth-order valence-electron chi connectivity index (χ4n) is 4.30. The number of aromatic hydroxyl groups is 1. The average molecular weight is 464 g/mol. The van der Waals surface area contributed by atoms with Crippen molar-refractivity contribution >= 4 is 23.2 Å². The maximum Gasteiger partial charge on any atom is 0.415 e. The zero-order valence-corrected chi connectivity index (χ0v) is 18.5. The molecule has 34 heavy (non-hydrogen) atoms. The molecule has 0 unspecified atom stereocenters. The van der Waals surface area contributed by atoms with Crippen LogP contribution in [-0.2, 0) is 0 Å². The molecule has 5 rings (SSSR count). The summed E-state index contributed by atoms with van der Waals surface area (Å²) in [4.78, 5) is 40.7. The van der Waals surface area contributed by atoms with E-state index in [1.165, 1.54) is 18.4 Å². The molecule has 9 nitrogen and oxygen atoms in total. The Morgan fingerprint density at radius 1 is 0.824 bits per heavy atom. The zero-order chi connectivity index (χ0) is 23.7. The minimum absolute atomic E-state index is 0.0111. The Labute approximate surface area is 195 Å². The molecule has 0 atom stereocenters. The van der Waals surface area contributed by atoms with Gasteiger partial charge < -0.3 is 28.8 Å². The van der Waals surface area contributed by atoms with Crippen molar-refractivity contribution in [3.63, 3.8) is 0 Å². The Hall–Kier alpha value is -4.01. The Bertz CT molecular complexity index is 1290. The highest BCUT2D eigenvalue weighted by atomic mass is 16.6. The van der Waals surface area contributed by atoms with Gasteiger partial charge in [-0.25, -0.2) is 9.59 Å². The maximum absolute atomic E-state index is 13.1. The molecule has 9 heteroatoms. The van der Waals surface area contributed by atoms with Crippen LogP contribution in [0.25, 0.3) is 22.1 Å². The topological polar surface area (TPSA) is 110 Å². The van der Waals surface area contributed by atoms with Crippen LogP contribution >= 0.6 is 0 Å². The van der Waals surface area contributed by atoms with E-state index in [1.54, 1.807) is 34.1 Å². The number of likely N-dealkylation sites (tertiary alicyclic amines) is 2. The number of carbonyl (C=O) groups is 2. The number of phenolic OH excluding ortho intramolecular Hbond substituents is 1. The molecule has 2 saturated heterocycles. The number of ether oxygens (including phenoxy) is 2. The van der Waals surface area contributed by atoms with Gasteiger partial charge in [0.1, 0.15) is 34.5 Å². The van der Waals surface area contributed by atoms with Crippen molar-refractivity contribution in [2.75, 3.05) is 26.2 Å². The molecule has 0 radical (unpaired) electrons. The predicted octanol–water partition coefficient (Wildman–Crippen LogP) is 4.35. The van der Waals surface area contributed by atoms with Crippen molar-refractivity contribution in [1.82, 2.24) is 9.80 Å². The number of hydrogen-bond donors (Lipinski definition) is 1. The summed E-state index contributed by atoms with van der Waals surface area (Å²) in [5.74, 6) is 0.133. The van der Waals surface area contributed by atoms with Gasteiger partial charge in [-0.3, -0.25) is 4.79 Å². The normalized spacial score (nSPS) is 15.6. The highest BCUT2D eigenvalue weighted by molar-refractivity contribution is 5.88. The van der Waals surface area contributed by atoms with E-state index in [4.69, 9.17) is 13.9 Å². The first-order valence-corrected chi connectivity index (χ1v) is 11.3. The van der Waals surface area contributed by atoms with Gasteiger partial charge in [0, 0.05) is 38.3 Å². The largest absolute Gasteiger partial charge is 0.507 e. The molecule has 0 saturated carbocycles. The van der Waals surface area contributed by atoms with E-state index in [0.717, 1.165) is 25.7 Å². The first-order chi connectivity index (χ1) is 16.5. The third-order valence-electron chi connectivity index (χ3n) is 6.13. The number of nitrogens with zero attached hydrogens (tertiary/aromatic N) is 2. The summed E-state index contributed by atoms with van der Waals surface area (Å²) in [7, 11) is 0. The Kier molecular flexibility index (Phi) is 5.83. The highest BCUT2D eigenvalue weighted by Crippen LogP contribution is 2.31. The summed E-state index contributed by atoms with van der Waals surface area (Å²) in [6.45, 7) is 2.65. The number of hydrogen-bond acceptors (Lipinski definition) is 7. The molecular weight excluding hydrogens is 440 g/mol. The van der Waals surface area contributed by atoms with Crippen LogP contribution in [0.4, 0.5) is 9.59 Å². The van der Waals surface area contributed by atoms with E-state index < -0.39 is 11.5 Å². The van der Waals surface area contributed by atoms with E-state index in [9.17, 15) is 19.5 Å². The van der Waals surface area contributed by atoms with E-state index in [-0.39, 0.29) is 34.1 Å². The second-order valence-electron chi connectivity index (χ2n) is 8.44. The molecule has 0 bridgehead atoms. The number of benzene rings is 2. The van der Waals surface area contributed by atoms with Crippen molar-refractivity contribution in [3.05, 3.63) is 52.9 Å². The molecule has 2 aliphatic rings. The SMILES string of the molecule is O=C(Oc1ccc(-c2coc3cc(OC(=O)N4CCCC4)cc(O)c3c2=O)cc1)N1CCCC1. The molecule has 3 heterocycles. The van der Waals surface area contributed by atoms with Crippen molar-refractivity contribution in [2.45, 2.75) is 25.7 Å². The third kappa shape index (κ3) is 4.28. The third-order valence-corrected chi connectivity index (χ3v) is 6.13. The monoisotopic (exact) mass is 464 g/mol. The second kappa shape index (κ2) is 9.09. The van der Waals surface area contributed by atoms with Gasteiger partial charge in [0.2, 0.25) is 5.43 Å². The summed E-state index contributed by atoms with van der Waals surface area (Å²) in [6, 6.07) is 9.15. The molecule has 2 amide bonds. The quantitative estimate of drug-likeness (QED) is 0.613. The van der Waals surface area contributed by atoms with Gasteiger partial charge in [-0.1, -0.05) is 12.1 Å². The fraction of sp³-hybridized carbons (Fsp3) is 0.320. The summed E-state index contributed by atoms with van der Waals surface area (Å²) in [5.41, 5.74) is 0.453. The van der Waals surface area contributed by atoms with Crippen LogP contribution < -0.4 is 14.9 Å². The minimum Gasteiger partial charge on any atom is -0.507 e. The zero-order valence-electron chi connectivity index (χ0n) is 18.5. The summed E-state index contributed by atoms with van der Waals surface area (Å²) in [5, 5.41) is 10.5. The summed E-state index contributed by atoms with van der Waals surface area (Å²) < 4.78 is 16.3. The fourth-order valence-corrected chi connectivity index (χ4v) is 4.30. The number of carbonyl (C=O) groups excluding carboxylic acids is 2. The van der Waals surface area contributed by atoms with Gasteiger partial charge in [-0.15, -0.1) is 0 Å². The lowest BCUT2D eigenvalue weighted by Crippen LogP contribution is -2.30. The Morgan fingerprint density at radius 3 is 1.97 bits per heavy atom. The second-order valence-corrected chi connectivity index (χ2v) is 8.44. The van der Waals surface area contributed by atoms with Crippen molar-refractivity contribution in [3.8, 4) is 28.4 Å². The number of rotatable bonds is 3. The molecule has 2 aromatic carbocycles. The van der Waals surface area contributed by atoms with Crippen LogP contribution in [0, 0.1) is 0 Å². The van der Waals surface area contributed by atoms with E-state index >= 15 is 0 Å². The molecular formula is C25H24N2O7. The molecule has 1 aromatic heterocycles. The van der Waals surface area contributed by atoms with Crippen molar-refractivity contribution in [1.29, 1.82) is 0 Å². The Balaban J connectivity index is 1.37. The maximum atomic E-state index is 13.1. The lowest BCUT2D eigenvalue weighted by atomic mass is 10.0. The summed E-state index contributed by atoms with van der Waals surface area (Å²) >= 11 is 0. The Morgan fingerprint density at radius 2 is 1.38 bits per heavy atom. The van der Waals surface area contributed by atoms with Crippen molar-refractivity contribution in [2.24, 2.45) is 0 Å². The number of amides is 2. The standard InChI is InChI=1S/C25H24N2O7/c28-20-13-18(34-25(31)27-11-3-4-12-27)14-21-22(20)23(29)19(15-32-21)16-5-7-17(8-6-16)33-24(30)26-9-1-2-10-26/h5-8,13-15,28H,1-4,9-12H2. The molecule has 0 spiro atoms. The van der Waals surface area contributed by atoms with E-state index in [1.807, 2.05) is 0 Å². The summed E-state index contributed by atoms with van der Waals surface area (Å²) in [6.07, 6.45) is 4.21. The van der Waals surface area contributed by atoms with Gasteiger partial charge in [-0.2, -0.15) is 0 Å². The van der Waals surface area contributed by atoms with Crippen LogP contribution in [0.5, 0.6) is 17.2 Å². The first-order valence-electron chi connectivity index (χ1n) is 11.3. The van der Waals surface area contributed by atoms with Crippen LogP contribution in [0.1, 0.15) is 25.7 Å². The van der Waals surface area contributed by atoms with Crippen LogP contribution in [-0.4, -0.2) is 53.3 Å². The van der Waals surface area contributed by atoms with Gasteiger partial charge >= 0.3 is 12.2 Å². The molecule has 176 valence electrons. The van der Waals surface area contributed by atoms with Crippen LogP contribution in [0.15, 0.2) is 51.9 Å². The van der Waals surface area contributed by atoms with Gasteiger partial charge in [0.05, 0.1) is 5.56 Å². The molecule has 1 N–H and O–H groups in total. The van der Waals surface area contributed by atoms with E-state index in [2.05, 4.69) is 0 Å². The molecule has 0 aliphatic carbocycles. The number of fused-ring (bicyclic) bond motifs is 1. The predicted molar refractivity (Wildman–Crippen MR) is 123 cm³/mol. The number of phenols is 1. The van der Waals surface area contributed by atoms with E-state index in [0.29, 0.717) is 37.5 Å². The average Bonchev–Trinajstić information content (AvgIpc) is 3.54. The smallest absolute Gasteiger partial charge is 0.415 e. The highest BCUT2D eigenvalue weighted by Gasteiger charge is 2.22. The minimum atomic E-state index is -0.499. The van der Waals surface area contributed by atoms with Gasteiger partial charge in [0.15, 0.2) is 0 Å². The van der Waals surface area contributed by atoms with Crippen molar-refractivity contribution < 1.29 is 28.6 Å². The lowest BCUT2D eigenvalue weighted by Gasteiger charge is -2.15. The van der Waals surface area contributed by atoms with Crippen LogP contribution in [0.3, 0.4) is 0 Å². The van der Waals surface area contributed by atoms with Crippen LogP contribution in [0.2, 0.25) is 0 Å². The molecule has 2 fully saturated rings. The lowest BCUT2D eigenvalue weighted by molar-refractivity contribution is 0.162. The van der Waals surface area contributed by atoms with Gasteiger partial charge in [0.25, 0.3) is 0 Å². The molecule has 3 aromatic rings.